The average molecular weight is 280 g/mol. The number of hydrogen-bond donors (Lipinski definition) is 2. The van der Waals surface area contributed by atoms with Gasteiger partial charge in [0.2, 0.25) is 0 Å². The molecule has 0 aliphatic rings. The molecule has 1 unspecified atom stereocenters. The molecule has 19 heavy (non-hydrogen) atoms. The topological polar surface area (TPSA) is 64.3 Å². The van der Waals surface area contributed by atoms with E-state index in [-0.39, 0.29) is 16.9 Å². The Morgan fingerprint density at radius 2 is 2.16 bits per heavy atom. The summed E-state index contributed by atoms with van der Waals surface area (Å²) in [6.45, 7) is 2.58. The van der Waals surface area contributed by atoms with Crippen LogP contribution in [0.2, 0.25) is 0 Å². The Morgan fingerprint density at radius 3 is 2.74 bits per heavy atom. The van der Waals surface area contributed by atoms with Gasteiger partial charge in [-0.05, 0) is 18.6 Å². The number of hydrogen-bond acceptors (Lipinski definition) is 3. The molecule has 104 valence electrons. The highest BCUT2D eigenvalue weighted by molar-refractivity contribution is 7.80. The van der Waals surface area contributed by atoms with E-state index in [1.807, 2.05) is 0 Å². The molecule has 0 aromatic heterocycles. The van der Waals surface area contributed by atoms with Gasteiger partial charge in [-0.15, -0.1) is 0 Å². The van der Waals surface area contributed by atoms with E-state index in [4.69, 9.17) is 22.7 Å². The Balaban J connectivity index is 2.76. The molecule has 1 atom stereocenters. The number of benzene rings is 1. The van der Waals surface area contributed by atoms with Crippen molar-refractivity contribution in [2.24, 2.45) is 5.73 Å². The largest absolute Gasteiger partial charge is 0.389 e. The molecule has 1 aromatic carbocycles. The molecule has 0 spiro atoms. The Hall–Kier alpha value is -1.46. The van der Waals surface area contributed by atoms with E-state index in [1.165, 1.54) is 0 Å². The number of amides is 1. The van der Waals surface area contributed by atoms with E-state index in [0.29, 0.717) is 17.7 Å². The molecule has 0 fully saturated rings. The van der Waals surface area contributed by atoms with Crippen LogP contribution in [0.5, 0.6) is 0 Å². The summed E-state index contributed by atoms with van der Waals surface area (Å²) in [5.41, 5.74) is 6.81. The van der Waals surface area contributed by atoms with E-state index >= 15 is 0 Å². The van der Waals surface area contributed by atoms with E-state index in [9.17, 15) is 4.79 Å². The minimum Gasteiger partial charge on any atom is -0.389 e. The standard InChI is InChI=1S/C14H20N2O2S/c1-3-5-12(9-18-2)16-14(17)11-7-4-6-10(8-11)13(15)19/h4,6-8,12H,3,5,9H2,1-2H3,(H2,15,19)(H,16,17). The molecule has 0 aliphatic heterocycles. The monoisotopic (exact) mass is 280 g/mol. The zero-order valence-corrected chi connectivity index (χ0v) is 12.1. The van der Waals surface area contributed by atoms with Crippen molar-refractivity contribution in [2.75, 3.05) is 13.7 Å². The van der Waals surface area contributed by atoms with Crippen LogP contribution >= 0.6 is 12.2 Å². The summed E-state index contributed by atoms with van der Waals surface area (Å²) < 4.78 is 5.10. The van der Waals surface area contributed by atoms with Gasteiger partial charge < -0.3 is 15.8 Å². The Bertz CT molecular complexity index is 443. The fourth-order valence-corrected chi connectivity index (χ4v) is 1.96. The number of methoxy groups -OCH3 is 1. The highest BCUT2D eigenvalue weighted by atomic mass is 32.1. The van der Waals surface area contributed by atoms with Gasteiger partial charge in [0, 0.05) is 18.2 Å². The first-order chi connectivity index (χ1) is 9.08. The van der Waals surface area contributed by atoms with Gasteiger partial charge in [-0.2, -0.15) is 0 Å². The van der Waals surface area contributed by atoms with Crippen LogP contribution in [-0.4, -0.2) is 30.7 Å². The number of thiocarbonyl (C=S) groups is 1. The number of nitrogens with two attached hydrogens (primary N) is 1. The number of ether oxygens (including phenoxy) is 1. The second-order valence-corrected chi connectivity index (χ2v) is 4.80. The summed E-state index contributed by atoms with van der Waals surface area (Å²) in [5, 5.41) is 2.95. The number of carbonyl (C=O) groups excluding carboxylic acids is 1. The Kier molecular flexibility index (Phi) is 6.45. The van der Waals surface area contributed by atoms with E-state index in [1.54, 1.807) is 31.4 Å². The average Bonchev–Trinajstić information content (AvgIpc) is 2.39. The van der Waals surface area contributed by atoms with Gasteiger partial charge in [0.25, 0.3) is 5.91 Å². The van der Waals surface area contributed by atoms with Crippen LogP contribution in [0.4, 0.5) is 0 Å². The summed E-state index contributed by atoms with van der Waals surface area (Å²) in [6, 6.07) is 7.03. The number of nitrogens with one attached hydrogen (secondary N) is 1. The molecule has 0 radical (unpaired) electrons. The maximum absolute atomic E-state index is 12.1. The lowest BCUT2D eigenvalue weighted by molar-refractivity contribution is 0.0891. The van der Waals surface area contributed by atoms with Crippen molar-refractivity contribution in [3.05, 3.63) is 35.4 Å². The van der Waals surface area contributed by atoms with Gasteiger partial charge >= 0.3 is 0 Å². The molecule has 0 saturated carbocycles. The minimum atomic E-state index is -0.131. The lowest BCUT2D eigenvalue weighted by atomic mass is 10.1. The third-order valence-electron chi connectivity index (χ3n) is 2.75. The molecule has 0 heterocycles. The SMILES string of the molecule is CCCC(COC)NC(=O)c1cccc(C(N)=S)c1. The molecule has 1 amide bonds. The first-order valence-corrected chi connectivity index (χ1v) is 6.69. The lowest BCUT2D eigenvalue weighted by Crippen LogP contribution is -2.38. The molecule has 3 N–H and O–H groups in total. The third-order valence-corrected chi connectivity index (χ3v) is 2.99. The van der Waals surface area contributed by atoms with Crippen LogP contribution < -0.4 is 11.1 Å². The van der Waals surface area contributed by atoms with Crippen molar-refractivity contribution >= 4 is 23.1 Å². The molecule has 5 heteroatoms. The minimum absolute atomic E-state index is 0.0241. The molecule has 0 saturated heterocycles. The van der Waals surface area contributed by atoms with Gasteiger partial charge in [0.1, 0.15) is 4.99 Å². The van der Waals surface area contributed by atoms with Crippen LogP contribution in [0.1, 0.15) is 35.7 Å². The summed E-state index contributed by atoms with van der Waals surface area (Å²) in [7, 11) is 1.63. The first-order valence-electron chi connectivity index (χ1n) is 6.28. The van der Waals surface area contributed by atoms with Crippen molar-refractivity contribution in [2.45, 2.75) is 25.8 Å². The highest BCUT2D eigenvalue weighted by Crippen LogP contribution is 2.07. The third kappa shape index (κ3) is 4.96. The van der Waals surface area contributed by atoms with Crippen LogP contribution in [-0.2, 0) is 4.74 Å². The summed E-state index contributed by atoms with van der Waals surface area (Å²) in [4.78, 5) is 12.4. The summed E-state index contributed by atoms with van der Waals surface area (Å²) in [6.07, 6.45) is 1.87. The number of rotatable bonds is 7. The van der Waals surface area contributed by atoms with E-state index in [2.05, 4.69) is 12.2 Å². The molecular formula is C14H20N2O2S. The predicted molar refractivity (Wildman–Crippen MR) is 80.4 cm³/mol. The highest BCUT2D eigenvalue weighted by Gasteiger charge is 2.13. The molecule has 4 nitrogen and oxygen atoms in total. The second kappa shape index (κ2) is 7.86. The van der Waals surface area contributed by atoms with Crippen LogP contribution in [0, 0.1) is 0 Å². The lowest BCUT2D eigenvalue weighted by Gasteiger charge is -2.17. The first kappa shape index (κ1) is 15.6. The summed E-state index contributed by atoms with van der Waals surface area (Å²) >= 11 is 4.91. The van der Waals surface area contributed by atoms with Gasteiger partial charge in [-0.3, -0.25) is 4.79 Å². The van der Waals surface area contributed by atoms with Gasteiger partial charge in [-0.25, -0.2) is 0 Å². The van der Waals surface area contributed by atoms with E-state index < -0.39 is 0 Å². The molecule has 1 rings (SSSR count). The molecule has 1 aromatic rings. The van der Waals surface area contributed by atoms with Crippen molar-refractivity contribution in [3.63, 3.8) is 0 Å². The second-order valence-electron chi connectivity index (χ2n) is 4.36. The van der Waals surface area contributed by atoms with Crippen LogP contribution in [0.25, 0.3) is 0 Å². The maximum Gasteiger partial charge on any atom is 0.251 e. The number of carbonyl (C=O) groups is 1. The molecule has 0 bridgehead atoms. The fourth-order valence-electron chi connectivity index (χ4n) is 1.83. The zero-order chi connectivity index (χ0) is 14.3. The normalized spacial score (nSPS) is 11.9. The van der Waals surface area contributed by atoms with Crippen molar-refractivity contribution in [1.82, 2.24) is 5.32 Å². The Morgan fingerprint density at radius 1 is 1.47 bits per heavy atom. The van der Waals surface area contributed by atoms with E-state index in [0.717, 1.165) is 12.8 Å². The molecule has 0 aliphatic carbocycles. The van der Waals surface area contributed by atoms with Crippen molar-refractivity contribution in [1.29, 1.82) is 0 Å². The zero-order valence-electron chi connectivity index (χ0n) is 11.3. The Labute approximate surface area is 119 Å². The van der Waals surface area contributed by atoms with Crippen LogP contribution in [0.15, 0.2) is 24.3 Å². The van der Waals surface area contributed by atoms with Crippen molar-refractivity contribution < 1.29 is 9.53 Å². The smallest absolute Gasteiger partial charge is 0.251 e. The maximum atomic E-state index is 12.1. The van der Waals surface area contributed by atoms with Gasteiger partial charge in [0.05, 0.1) is 12.6 Å². The van der Waals surface area contributed by atoms with Gasteiger partial charge in [0.15, 0.2) is 0 Å². The van der Waals surface area contributed by atoms with Crippen LogP contribution in [0.3, 0.4) is 0 Å². The quantitative estimate of drug-likeness (QED) is 0.748. The van der Waals surface area contributed by atoms with Gasteiger partial charge in [-0.1, -0.05) is 37.7 Å². The fraction of sp³-hybridized carbons (Fsp3) is 0.429. The summed E-state index contributed by atoms with van der Waals surface area (Å²) in [5.74, 6) is -0.131. The predicted octanol–water partition coefficient (Wildman–Crippen LogP) is 1.87. The molecular weight excluding hydrogens is 260 g/mol. The van der Waals surface area contributed by atoms with Crippen molar-refractivity contribution in [3.8, 4) is 0 Å².